The maximum atomic E-state index is 13.4. The minimum atomic E-state index is -0.320. The van der Waals surface area contributed by atoms with Gasteiger partial charge in [0.2, 0.25) is 11.8 Å². The Morgan fingerprint density at radius 1 is 1.13 bits per heavy atom. The van der Waals surface area contributed by atoms with Gasteiger partial charge in [-0.15, -0.1) is 11.3 Å². The number of benzene rings is 1. The first-order chi connectivity index (χ1) is 14.5. The van der Waals surface area contributed by atoms with Crippen LogP contribution in [-0.4, -0.2) is 28.2 Å². The molecule has 2 amide bonds. The first-order valence-electron chi connectivity index (χ1n) is 10.2. The summed E-state index contributed by atoms with van der Waals surface area (Å²) >= 11 is 1.69. The average molecular weight is 423 g/mol. The minimum absolute atomic E-state index is 0.0113. The van der Waals surface area contributed by atoms with Gasteiger partial charge < -0.3 is 14.2 Å². The molecule has 0 N–H and O–H groups in total. The predicted molar refractivity (Wildman–Crippen MR) is 117 cm³/mol. The van der Waals surface area contributed by atoms with Crippen LogP contribution in [0.15, 0.2) is 59.2 Å². The Labute approximate surface area is 180 Å². The van der Waals surface area contributed by atoms with Gasteiger partial charge in [-0.1, -0.05) is 29.8 Å². The van der Waals surface area contributed by atoms with Gasteiger partial charge >= 0.3 is 0 Å². The first kappa shape index (κ1) is 20.4. The zero-order valence-electron chi connectivity index (χ0n) is 17.3. The van der Waals surface area contributed by atoms with E-state index in [2.05, 4.69) is 19.1 Å². The molecule has 3 heterocycles. The van der Waals surface area contributed by atoms with E-state index in [0.717, 1.165) is 16.2 Å². The van der Waals surface area contributed by atoms with E-state index in [1.807, 2.05) is 48.2 Å². The fourth-order valence-corrected chi connectivity index (χ4v) is 4.73. The number of nitrogens with zero attached hydrogens (tertiary/aromatic N) is 2. The number of rotatable bonds is 7. The lowest BCUT2D eigenvalue weighted by Crippen LogP contribution is -2.36. The maximum Gasteiger partial charge on any atom is 0.228 e. The largest absolute Gasteiger partial charge is 0.467 e. The molecule has 4 rings (SSSR count). The quantitative estimate of drug-likeness (QED) is 0.562. The predicted octanol–water partition coefficient (Wildman–Crippen LogP) is 4.54. The van der Waals surface area contributed by atoms with Crippen LogP contribution < -0.4 is 0 Å². The van der Waals surface area contributed by atoms with Gasteiger partial charge in [0.05, 0.1) is 25.3 Å². The molecule has 1 fully saturated rings. The number of furan rings is 1. The smallest absolute Gasteiger partial charge is 0.228 e. The van der Waals surface area contributed by atoms with Crippen LogP contribution in [-0.2, 0) is 29.2 Å². The van der Waals surface area contributed by atoms with Gasteiger partial charge in [-0.2, -0.15) is 0 Å². The van der Waals surface area contributed by atoms with E-state index in [0.29, 0.717) is 26.2 Å². The van der Waals surface area contributed by atoms with Crippen LogP contribution >= 0.6 is 11.3 Å². The summed E-state index contributed by atoms with van der Waals surface area (Å²) in [5.41, 5.74) is 2.28. The van der Waals surface area contributed by atoms with E-state index in [4.69, 9.17) is 4.42 Å². The third kappa shape index (κ3) is 4.82. The molecule has 0 saturated carbocycles. The molecular formula is C24H26N2O3S. The van der Waals surface area contributed by atoms with E-state index in [1.165, 1.54) is 10.4 Å². The van der Waals surface area contributed by atoms with E-state index >= 15 is 0 Å². The van der Waals surface area contributed by atoms with Crippen LogP contribution in [0, 0.1) is 19.8 Å². The van der Waals surface area contributed by atoms with Gasteiger partial charge in [-0.25, -0.2) is 0 Å². The summed E-state index contributed by atoms with van der Waals surface area (Å²) in [6.07, 6.45) is 1.89. The highest BCUT2D eigenvalue weighted by Gasteiger charge is 2.36. The summed E-state index contributed by atoms with van der Waals surface area (Å²) in [6.45, 7) is 6.05. The van der Waals surface area contributed by atoms with E-state index in [1.54, 1.807) is 22.5 Å². The number of amides is 2. The highest BCUT2D eigenvalue weighted by molar-refractivity contribution is 7.11. The van der Waals surface area contributed by atoms with Gasteiger partial charge in [0, 0.05) is 29.3 Å². The van der Waals surface area contributed by atoms with Crippen molar-refractivity contribution < 1.29 is 14.0 Å². The number of thiophene rings is 1. The monoisotopic (exact) mass is 422 g/mol. The maximum absolute atomic E-state index is 13.4. The van der Waals surface area contributed by atoms with Gasteiger partial charge in [0.15, 0.2) is 0 Å². The second kappa shape index (κ2) is 8.88. The van der Waals surface area contributed by atoms with Crippen LogP contribution in [0.5, 0.6) is 0 Å². The summed E-state index contributed by atoms with van der Waals surface area (Å²) in [7, 11) is 0. The second-order valence-electron chi connectivity index (χ2n) is 7.95. The van der Waals surface area contributed by atoms with Gasteiger partial charge in [-0.05, 0) is 43.7 Å². The topological polar surface area (TPSA) is 53.8 Å². The van der Waals surface area contributed by atoms with Crippen molar-refractivity contribution in [2.45, 2.75) is 39.9 Å². The second-order valence-corrected chi connectivity index (χ2v) is 9.32. The molecule has 5 nitrogen and oxygen atoms in total. The number of hydrogen-bond donors (Lipinski definition) is 0. The molecule has 1 unspecified atom stereocenters. The summed E-state index contributed by atoms with van der Waals surface area (Å²) in [5, 5.41) is 0. The fourth-order valence-electron chi connectivity index (χ4n) is 3.82. The molecule has 1 atom stereocenters. The van der Waals surface area contributed by atoms with Gasteiger partial charge in [0.25, 0.3) is 0 Å². The van der Waals surface area contributed by atoms with Crippen LogP contribution in [0.2, 0.25) is 0 Å². The van der Waals surface area contributed by atoms with Crippen molar-refractivity contribution in [3.05, 3.63) is 81.4 Å². The van der Waals surface area contributed by atoms with Gasteiger partial charge in [0.1, 0.15) is 5.76 Å². The molecule has 1 aromatic carbocycles. The molecule has 0 bridgehead atoms. The molecule has 1 aliphatic rings. The van der Waals surface area contributed by atoms with E-state index < -0.39 is 0 Å². The molecule has 3 aromatic rings. The number of hydrogen-bond acceptors (Lipinski definition) is 4. The van der Waals surface area contributed by atoms with Crippen molar-refractivity contribution in [2.24, 2.45) is 5.92 Å². The van der Waals surface area contributed by atoms with Crippen LogP contribution in [0.25, 0.3) is 0 Å². The summed E-state index contributed by atoms with van der Waals surface area (Å²) in [4.78, 5) is 31.9. The first-order valence-corrected chi connectivity index (χ1v) is 11.0. The third-order valence-electron chi connectivity index (χ3n) is 5.44. The number of carbonyl (C=O) groups excluding carboxylic acids is 2. The summed E-state index contributed by atoms with van der Waals surface area (Å²) < 4.78 is 5.48. The lowest BCUT2D eigenvalue weighted by atomic mass is 10.1. The van der Waals surface area contributed by atoms with Crippen molar-refractivity contribution in [3.8, 4) is 0 Å². The molecule has 6 heteroatoms. The molecule has 2 aromatic heterocycles. The molecule has 0 spiro atoms. The minimum Gasteiger partial charge on any atom is -0.467 e. The van der Waals surface area contributed by atoms with Crippen molar-refractivity contribution in [1.82, 2.24) is 9.80 Å². The molecule has 0 aliphatic carbocycles. The Hall–Kier alpha value is -2.86. The Bertz CT molecular complexity index is 1010. The zero-order chi connectivity index (χ0) is 21.1. The standard InChI is InChI=1S/C24H26N2O3S/c1-17-5-8-19(9-6-17)13-25-14-20(12-23(25)27)24(28)26(15-21-4-3-11-29-21)16-22-10-7-18(2)30-22/h3-11,20H,12-16H2,1-2H3. The van der Waals surface area contributed by atoms with Gasteiger partial charge in [-0.3, -0.25) is 9.59 Å². The molecule has 156 valence electrons. The van der Waals surface area contributed by atoms with Crippen molar-refractivity contribution >= 4 is 23.2 Å². The van der Waals surface area contributed by atoms with Crippen molar-refractivity contribution in [1.29, 1.82) is 0 Å². The summed E-state index contributed by atoms with van der Waals surface area (Å²) in [6, 6.07) is 16.0. The molecular weight excluding hydrogens is 396 g/mol. The Morgan fingerprint density at radius 2 is 1.93 bits per heavy atom. The molecule has 1 saturated heterocycles. The Balaban J connectivity index is 1.46. The summed E-state index contributed by atoms with van der Waals surface area (Å²) in [5.74, 6) is 0.479. The van der Waals surface area contributed by atoms with Crippen LogP contribution in [0.1, 0.15) is 33.1 Å². The Kier molecular flexibility index (Phi) is 6.04. The third-order valence-corrected chi connectivity index (χ3v) is 6.42. The molecule has 0 radical (unpaired) electrons. The number of aryl methyl sites for hydroxylation is 2. The lowest BCUT2D eigenvalue weighted by molar-refractivity contribution is -0.137. The molecule has 30 heavy (non-hydrogen) atoms. The fraction of sp³-hybridized carbons (Fsp3) is 0.333. The SMILES string of the molecule is Cc1ccc(CN2CC(C(=O)N(Cc3ccco3)Cc3ccc(C)s3)CC2=O)cc1. The average Bonchev–Trinajstić information content (AvgIpc) is 3.46. The van der Waals surface area contributed by atoms with E-state index in [-0.39, 0.29) is 24.2 Å². The van der Waals surface area contributed by atoms with E-state index in [9.17, 15) is 9.59 Å². The normalized spacial score (nSPS) is 16.3. The Morgan fingerprint density at radius 3 is 2.60 bits per heavy atom. The highest BCUT2D eigenvalue weighted by atomic mass is 32.1. The zero-order valence-corrected chi connectivity index (χ0v) is 18.2. The van der Waals surface area contributed by atoms with Crippen LogP contribution in [0.3, 0.4) is 0 Å². The van der Waals surface area contributed by atoms with Crippen molar-refractivity contribution in [3.63, 3.8) is 0 Å². The number of carbonyl (C=O) groups is 2. The van der Waals surface area contributed by atoms with Crippen LogP contribution in [0.4, 0.5) is 0 Å². The molecule has 1 aliphatic heterocycles. The lowest BCUT2D eigenvalue weighted by Gasteiger charge is -2.24. The number of likely N-dealkylation sites (tertiary alicyclic amines) is 1. The van der Waals surface area contributed by atoms with Crippen molar-refractivity contribution in [2.75, 3.05) is 6.54 Å². The highest BCUT2D eigenvalue weighted by Crippen LogP contribution is 2.26.